The quantitative estimate of drug-likeness (QED) is 0.713. The Labute approximate surface area is 98.8 Å². The van der Waals surface area contributed by atoms with E-state index < -0.39 is 0 Å². The molecule has 2 fully saturated rings. The van der Waals surface area contributed by atoms with Crippen LogP contribution < -0.4 is 0 Å². The molecule has 2 unspecified atom stereocenters. The Morgan fingerprint density at radius 1 is 1.06 bits per heavy atom. The Kier molecular flexibility index (Phi) is 3.24. The Morgan fingerprint density at radius 2 is 1.69 bits per heavy atom. The Bertz CT molecular complexity index is 275. The van der Waals surface area contributed by atoms with Gasteiger partial charge in [0.15, 0.2) is 0 Å². The zero-order valence-electron chi connectivity index (χ0n) is 10.9. The minimum Gasteiger partial charge on any atom is -0.338 e. The molecule has 3 nitrogen and oxygen atoms in total. The lowest BCUT2D eigenvalue weighted by molar-refractivity contribution is -0.135. The Hall–Kier alpha value is -0.570. The number of amides is 1. The smallest absolute Gasteiger partial charge is 0.225 e. The first kappa shape index (κ1) is 11.9. The first-order valence-corrected chi connectivity index (χ1v) is 6.58. The highest BCUT2D eigenvalue weighted by Gasteiger charge is 2.45. The van der Waals surface area contributed by atoms with Gasteiger partial charge in [-0.05, 0) is 26.7 Å². The molecular weight excluding hydrogens is 200 g/mol. The summed E-state index contributed by atoms with van der Waals surface area (Å²) in [5, 5.41) is 0. The standard InChI is InChI=1S/C13H24N2O/c1-9(2)13(16)15-8-6-11-12(15)5-7-14(11)10(3)4/h9-12H,5-8H2,1-4H3. The SMILES string of the molecule is CC(C)C(=O)N1CCC2C1CCN2C(C)C. The third-order valence-electron chi connectivity index (χ3n) is 4.06. The molecule has 0 aromatic heterocycles. The van der Waals surface area contributed by atoms with Gasteiger partial charge in [0.1, 0.15) is 0 Å². The summed E-state index contributed by atoms with van der Waals surface area (Å²) in [6.45, 7) is 10.7. The van der Waals surface area contributed by atoms with Crippen LogP contribution >= 0.6 is 0 Å². The van der Waals surface area contributed by atoms with Gasteiger partial charge in [-0.15, -0.1) is 0 Å². The zero-order valence-corrected chi connectivity index (χ0v) is 10.9. The van der Waals surface area contributed by atoms with Gasteiger partial charge >= 0.3 is 0 Å². The molecule has 0 bridgehead atoms. The van der Waals surface area contributed by atoms with Crippen LogP contribution in [0.3, 0.4) is 0 Å². The fraction of sp³-hybridized carbons (Fsp3) is 0.923. The van der Waals surface area contributed by atoms with Crippen LogP contribution in [-0.4, -0.2) is 46.9 Å². The molecule has 16 heavy (non-hydrogen) atoms. The van der Waals surface area contributed by atoms with E-state index in [0.717, 1.165) is 13.1 Å². The summed E-state index contributed by atoms with van der Waals surface area (Å²) in [6.07, 6.45) is 2.34. The van der Waals surface area contributed by atoms with Crippen molar-refractivity contribution in [3.8, 4) is 0 Å². The van der Waals surface area contributed by atoms with E-state index in [2.05, 4.69) is 23.6 Å². The molecule has 2 atom stereocenters. The van der Waals surface area contributed by atoms with Crippen molar-refractivity contribution in [2.75, 3.05) is 13.1 Å². The molecule has 2 aliphatic rings. The number of rotatable bonds is 2. The minimum atomic E-state index is 0.145. The molecule has 2 rings (SSSR count). The molecule has 92 valence electrons. The van der Waals surface area contributed by atoms with Crippen molar-refractivity contribution in [3.05, 3.63) is 0 Å². The lowest BCUT2D eigenvalue weighted by Crippen LogP contribution is -2.42. The van der Waals surface area contributed by atoms with Crippen LogP contribution in [0.25, 0.3) is 0 Å². The fourth-order valence-corrected chi connectivity index (χ4v) is 3.27. The molecule has 0 radical (unpaired) electrons. The largest absolute Gasteiger partial charge is 0.338 e. The molecule has 0 N–H and O–H groups in total. The third-order valence-corrected chi connectivity index (χ3v) is 4.06. The maximum absolute atomic E-state index is 12.1. The maximum Gasteiger partial charge on any atom is 0.225 e. The highest BCUT2D eigenvalue weighted by molar-refractivity contribution is 5.79. The second-order valence-electron chi connectivity index (χ2n) is 5.73. The maximum atomic E-state index is 12.1. The summed E-state index contributed by atoms with van der Waals surface area (Å²) in [5.41, 5.74) is 0. The molecule has 0 saturated carbocycles. The van der Waals surface area contributed by atoms with Gasteiger partial charge in [-0.1, -0.05) is 13.8 Å². The molecule has 3 heteroatoms. The van der Waals surface area contributed by atoms with Gasteiger partial charge in [-0.25, -0.2) is 0 Å². The first-order valence-electron chi connectivity index (χ1n) is 6.58. The molecule has 2 heterocycles. The number of likely N-dealkylation sites (tertiary alicyclic amines) is 2. The molecule has 0 aromatic carbocycles. The van der Waals surface area contributed by atoms with Gasteiger partial charge in [0.05, 0.1) is 0 Å². The van der Waals surface area contributed by atoms with Crippen LogP contribution in [-0.2, 0) is 4.79 Å². The van der Waals surface area contributed by atoms with E-state index in [9.17, 15) is 4.79 Å². The molecular formula is C13H24N2O. The summed E-state index contributed by atoms with van der Waals surface area (Å²) in [6, 6.07) is 1.74. The Morgan fingerprint density at radius 3 is 2.25 bits per heavy atom. The fourth-order valence-electron chi connectivity index (χ4n) is 3.27. The highest BCUT2D eigenvalue weighted by Crippen LogP contribution is 2.33. The van der Waals surface area contributed by atoms with E-state index in [0.29, 0.717) is 24.0 Å². The summed E-state index contributed by atoms with van der Waals surface area (Å²) in [4.78, 5) is 16.8. The van der Waals surface area contributed by atoms with E-state index in [1.807, 2.05) is 13.8 Å². The average molecular weight is 224 g/mol. The third kappa shape index (κ3) is 1.86. The number of fused-ring (bicyclic) bond motifs is 1. The van der Waals surface area contributed by atoms with Gasteiger partial charge in [-0.2, -0.15) is 0 Å². The van der Waals surface area contributed by atoms with Crippen LogP contribution in [0.15, 0.2) is 0 Å². The summed E-state index contributed by atoms with van der Waals surface area (Å²) in [7, 11) is 0. The van der Waals surface area contributed by atoms with Crippen molar-refractivity contribution >= 4 is 5.91 Å². The Balaban J connectivity index is 2.06. The summed E-state index contributed by atoms with van der Waals surface area (Å²) in [5.74, 6) is 0.491. The van der Waals surface area contributed by atoms with Gasteiger partial charge in [-0.3, -0.25) is 9.69 Å². The first-order chi connectivity index (χ1) is 7.52. The molecule has 0 spiro atoms. The molecule has 0 aromatic rings. The molecule has 0 aliphatic carbocycles. The molecule has 2 aliphatic heterocycles. The van der Waals surface area contributed by atoms with E-state index in [-0.39, 0.29) is 5.92 Å². The van der Waals surface area contributed by atoms with Gasteiger partial charge < -0.3 is 4.90 Å². The van der Waals surface area contributed by atoms with Crippen molar-refractivity contribution in [2.45, 2.75) is 58.7 Å². The molecule has 1 amide bonds. The van der Waals surface area contributed by atoms with Crippen LogP contribution in [0.2, 0.25) is 0 Å². The number of nitrogens with zero attached hydrogens (tertiary/aromatic N) is 2. The lowest BCUT2D eigenvalue weighted by Gasteiger charge is -2.28. The average Bonchev–Trinajstić information content (AvgIpc) is 2.74. The van der Waals surface area contributed by atoms with Crippen LogP contribution in [0.1, 0.15) is 40.5 Å². The van der Waals surface area contributed by atoms with Crippen LogP contribution in [0.4, 0.5) is 0 Å². The number of hydrogen-bond donors (Lipinski definition) is 0. The second-order valence-corrected chi connectivity index (χ2v) is 5.73. The van der Waals surface area contributed by atoms with Gasteiger partial charge in [0, 0.05) is 37.1 Å². The van der Waals surface area contributed by atoms with Crippen LogP contribution in [0.5, 0.6) is 0 Å². The van der Waals surface area contributed by atoms with E-state index in [1.165, 1.54) is 12.8 Å². The summed E-state index contributed by atoms with van der Waals surface area (Å²) < 4.78 is 0. The zero-order chi connectivity index (χ0) is 11.9. The topological polar surface area (TPSA) is 23.6 Å². The van der Waals surface area contributed by atoms with Crippen molar-refractivity contribution < 1.29 is 4.79 Å². The van der Waals surface area contributed by atoms with Crippen LogP contribution in [0, 0.1) is 5.92 Å². The van der Waals surface area contributed by atoms with Crippen molar-refractivity contribution in [2.24, 2.45) is 5.92 Å². The number of hydrogen-bond acceptors (Lipinski definition) is 2. The van der Waals surface area contributed by atoms with Crippen molar-refractivity contribution in [3.63, 3.8) is 0 Å². The molecule has 2 saturated heterocycles. The monoisotopic (exact) mass is 224 g/mol. The summed E-state index contributed by atoms with van der Waals surface area (Å²) >= 11 is 0. The van der Waals surface area contributed by atoms with E-state index in [4.69, 9.17) is 0 Å². The second kappa shape index (κ2) is 4.36. The normalized spacial score (nSPS) is 30.5. The van der Waals surface area contributed by atoms with E-state index >= 15 is 0 Å². The predicted molar refractivity (Wildman–Crippen MR) is 65.2 cm³/mol. The van der Waals surface area contributed by atoms with Crippen molar-refractivity contribution in [1.29, 1.82) is 0 Å². The predicted octanol–water partition coefficient (Wildman–Crippen LogP) is 1.73. The van der Waals surface area contributed by atoms with Gasteiger partial charge in [0.2, 0.25) is 5.91 Å². The lowest BCUT2D eigenvalue weighted by atomic mass is 10.1. The minimum absolute atomic E-state index is 0.145. The van der Waals surface area contributed by atoms with E-state index in [1.54, 1.807) is 0 Å². The number of carbonyl (C=O) groups is 1. The highest BCUT2D eigenvalue weighted by atomic mass is 16.2. The van der Waals surface area contributed by atoms with Crippen molar-refractivity contribution in [1.82, 2.24) is 9.80 Å². The number of carbonyl (C=O) groups excluding carboxylic acids is 1. The van der Waals surface area contributed by atoms with Gasteiger partial charge in [0.25, 0.3) is 0 Å².